The van der Waals surface area contributed by atoms with Crippen LogP contribution in [0.3, 0.4) is 0 Å². The average molecular weight is 953 g/mol. The molecule has 0 amide bonds. The van der Waals surface area contributed by atoms with Crippen molar-refractivity contribution < 1.29 is 14.2 Å². The Morgan fingerprint density at radius 1 is 0.315 bits per heavy atom. The highest BCUT2D eigenvalue weighted by molar-refractivity contribution is 7.20. The first-order valence-electron chi connectivity index (χ1n) is 24.7. The van der Waals surface area contributed by atoms with Crippen molar-refractivity contribution in [3.8, 4) is 45.9 Å². The zero-order valence-electron chi connectivity index (χ0n) is 38.8. The molecule has 0 atom stereocenters. The Morgan fingerprint density at radius 2 is 0.753 bits per heavy atom. The smallest absolute Gasteiger partial charge is 0.270 e. The molecule has 0 N–H and O–H groups in total. The summed E-state index contributed by atoms with van der Waals surface area (Å²) in [6.07, 6.45) is 0. The first-order valence-corrected chi connectivity index (χ1v) is 26.7. The molecule has 0 aliphatic carbocycles. The maximum atomic E-state index is 6.88. The van der Waals surface area contributed by atoms with Crippen LogP contribution in [0.1, 0.15) is 0 Å². The Morgan fingerprint density at radius 3 is 1.36 bits per heavy atom. The second-order valence-electron chi connectivity index (χ2n) is 19.3. The largest absolute Gasteiger partial charge is 0.458 e. The lowest BCUT2D eigenvalue weighted by atomic mass is 9.34. The summed E-state index contributed by atoms with van der Waals surface area (Å²) < 4.78 is 29.4. The highest BCUT2D eigenvalue weighted by Crippen LogP contribution is 2.43. The number of rotatable bonds is 6. The number of imidazole rings is 4. The molecule has 0 unspecified atom stereocenters. The van der Waals surface area contributed by atoms with E-state index in [0.29, 0.717) is 0 Å². The molecule has 11 heteroatoms. The molecule has 73 heavy (non-hydrogen) atoms. The molecule has 9 nitrogen and oxygen atoms in total. The number of benzene rings is 10. The van der Waals surface area contributed by atoms with Gasteiger partial charge in [-0.05, 0) is 106 Å². The maximum Gasteiger partial charge on any atom is 0.270 e. The van der Waals surface area contributed by atoms with Gasteiger partial charge in [0.1, 0.15) is 34.5 Å². The molecule has 17 rings (SSSR count). The molecule has 0 saturated carbocycles. The van der Waals surface area contributed by atoms with Crippen LogP contribution in [0.4, 0.5) is 0 Å². The van der Waals surface area contributed by atoms with Crippen LogP contribution >= 0.6 is 0 Å². The molecule has 0 bridgehead atoms. The van der Waals surface area contributed by atoms with Gasteiger partial charge in [0.25, 0.3) is 6.71 Å². The van der Waals surface area contributed by atoms with E-state index in [1.54, 1.807) is 0 Å². The molecule has 7 heterocycles. The molecule has 0 radical (unpaired) electrons. The minimum absolute atomic E-state index is 0.0835. The molecule has 0 saturated heterocycles. The minimum atomic E-state index is -3.17. The van der Waals surface area contributed by atoms with E-state index in [2.05, 4.69) is 206 Å². The second-order valence-corrected chi connectivity index (χ2v) is 23.1. The molecular weight excluding hydrogens is 916 g/mol. The predicted molar refractivity (Wildman–Crippen MR) is 294 cm³/mol. The van der Waals surface area contributed by atoms with Gasteiger partial charge in [0, 0.05) is 34.2 Å². The molecule has 3 aliphatic heterocycles. The Kier molecular flexibility index (Phi) is 7.66. The van der Waals surface area contributed by atoms with Crippen molar-refractivity contribution in [1.82, 2.24) is 27.9 Å². The van der Waals surface area contributed by atoms with Gasteiger partial charge >= 0.3 is 0 Å². The zero-order chi connectivity index (χ0) is 47.5. The van der Waals surface area contributed by atoms with Crippen molar-refractivity contribution in [2.45, 2.75) is 0 Å². The van der Waals surface area contributed by atoms with Gasteiger partial charge < -0.3 is 14.2 Å². The van der Waals surface area contributed by atoms with Gasteiger partial charge in [-0.1, -0.05) is 127 Å². The van der Waals surface area contributed by atoms with Crippen LogP contribution < -0.4 is 51.3 Å². The molecular formula is C62H37BN6O3Si. The fourth-order valence-corrected chi connectivity index (χ4v) is 17.5. The monoisotopic (exact) mass is 952 g/mol. The van der Waals surface area contributed by atoms with E-state index in [4.69, 9.17) is 24.2 Å². The summed E-state index contributed by atoms with van der Waals surface area (Å²) in [6, 6.07) is 80.6. The fourth-order valence-electron chi connectivity index (χ4n) is 12.7. The van der Waals surface area contributed by atoms with E-state index >= 15 is 0 Å². The van der Waals surface area contributed by atoms with E-state index < -0.39 is 8.07 Å². The van der Waals surface area contributed by atoms with Gasteiger partial charge in [-0.2, -0.15) is 0 Å². The first-order chi connectivity index (χ1) is 36.2. The Hall–Kier alpha value is -9.58. The lowest BCUT2D eigenvalue weighted by molar-refractivity contribution is 0.442. The highest BCUT2D eigenvalue weighted by atomic mass is 28.3. The molecule has 0 spiro atoms. The predicted octanol–water partition coefficient (Wildman–Crippen LogP) is 9.39. The van der Waals surface area contributed by atoms with Crippen molar-refractivity contribution >= 4 is 108 Å². The zero-order valence-corrected chi connectivity index (χ0v) is 39.8. The number of hydrogen-bond acceptors (Lipinski definition) is 5. The number of hydrogen-bond donors (Lipinski definition) is 0. The van der Waals surface area contributed by atoms with Crippen molar-refractivity contribution in [3.05, 3.63) is 224 Å². The number of nitrogens with zero attached hydrogens (tertiary/aromatic N) is 6. The van der Waals surface area contributed by atoms with Crippen LogP contribution in [0.25, 0.3) is 67.1 Å². The molecule has 3 aliphatic rings. The average Bonchev–Trinajstić information content (AvgIpc) is 4.19. The van der Waals surface area contributed by atoms with Gasteiger partial charge in [-0.15, -0.1) is 0 Å². The Bertz CT molecular complexity index is 4580. The number of fused-ring (bicyclic) bond motifs is 10. The van der Waals surface area contributed by atoms with Gasteiger partial charge in [-0.25, -0.2) is 9.97 Å². The fraction of sp³-hybridized carbons (Fsp3) is 0. The summed E-state index contributed by atoms with van der Waals surface area (Å²) in [5, 5.41) is 5.05. The van der Waals surface area contributed by atoms with Crippen LogP contribution in [0.15, 0.2) is 224 Å². The minimum Gasteiger partial charge on any atom is -0.458 e. The molecule has 10 aromatic carbocycles. The second kappa shape index (κ2) is 14.3. The summed E-state index contributed by atoms with van der Waals surface area (Å²) in [5.74, 6) is 6.40. The van der Waals surface area contributed by atoms with Crippen molar-refractivity contribution in [1.29, 1.82) is 0 Å². The third-order valence-corrected chi connectivity index (χ3v) is 20.4. The Labute approximate surface area is 418 Å². The summed E-state index contributed by atoms with van der Waals surface area (Å²) >= 11 is 0. The molecule has 4 aromatic heterocycles. The van der Waals surface area contributed by atoms with Gasteiger partial charge in [0.05, 0.1) is 49.8 Å². The van der Waals surface area contributed by atoms with E-state index in [9.17, 15) is 0 Å². The van der Waals surface area contributed by atoms with Gasteiger partial charge in [-0.3, -0.25) is 17.9 Å². The summed E-state index contributed by atoms with van der Waals surface area (Å²) in [7, 11) is -3.17. The third-order valence-electron chi connectivity index (χ3n) is 15.6. The van der Waals surface area contributed by atoms with Crippen molar-refractivity contribution in [2.75, 3.05) is 0 Å². The van der Waals surface area contributed by atoms with Gasteiger partial charge in [0.15, 0.2) is 8.07 Å². The first kappa shape index (κ1) is 39.2. The van der Waals surface area contributed by atoms with Crippen LogP contribution in [-0.2, 0) is 0 Å². The van der Waals surface area contributed by atoms with Crippen molar-refractivity contribution in [2.24, 2.45) is 0 Å². The summed E-state index contributed by atoms with van der Waals surface area (Å²) in [6.45, 7) is -0.0835. The van der Waals surface area contributed by atoms with Crippen LogP contribution in [0, 0.1) is 0 Å². The van der Waals surface area contributed by atoms with Crippen LogP contribution in [0.5, 0.6) is 34.5 Å². The number of aromatic nitrogens is 6. The van der Waals surface area contributed by atoms with Crippen molar-refractivity contribution in [3.63, 3.8) is 0 Å². The van der Waals surface area contributed by atoms with Crippen LogP contribution in [-0.4, -0.2) is 42.7 Å². The standard InChI is InChI=1S/C62H37BN6O3Si/c1-3-17-40(18-4-1)73(41-19-5-2-6-20-41,42-21-13-16-38(34-42)66-48-26-11-12-27-49(48)68-46-24-9-7-22-44(46)64-61(66)68)43-32-33-50-51(37-43)69-47-25-10-8-23-45(47)65-62(69)67(50)39-35-56-60-57(36-39)72-55-31-15-29-53-59(55)63(60)58-52(70-53)28-14-30-54(58)71-56/h1-37H. The summed E-state index contributed by atoms with van der Waals surface area (Å²) in [5.41, 5.74) is 13.3. The summed E-state index contributed by atoms with van der Waals surface area (Å²) in [4.78, 5) is 10.7. The quantitative estimate of drug-likeness (QED) is 0.123. The van der Waals surface area contributed by atoms with E-state index in [-0.39, 0.29) is 6.71 Å². The SMILES string of the molecule is c1ccc([Si](c2ccccc2)(c2cccc(-n3c4ccccc4n4c5ccccc5nc34)c2)c2ccc3c(c2)n2c4ccccc4nc2n3-c2cc3c4c(c2)Oc2cccc5c2B4c2c(cccc2O3)O5)cc1. The number of ether oxygens (including phenoxy) is 3. The van der Waals surface area contributed by atoms with E-state index in [0.717, 1.165) is 118 Å². The van der Waals surface area contributed by atoms with E-state index in [1.807, 2.05) is 36.4 Å². The topological polar surface area (TPSA) is 72.2 Å². The molecule has 14 aromatic rings. The Balaban J connectivity index is 0.928. The highest BCUT2D eigenvalue weighted by Gasteiger charge is 2.47. The van der Waals surface area contributed by atoms with Gasteiger partial charge in [0.2, 0.25) is 11.6 Å². The maximum absolute atomic E-state index is 6.88. The number of para-hydroxylation sites is 6. The van der Waals surface area contributed by atoms with Crippen LogP contribution in [0.2, 0.25) is 0 Å². The molecule has 340 valence electrons. The normalized spacial score (nSPS) is 13.2. The van der Waals surface area contributed by atoms with E-state index in [1.165, 1.54) is 20.7 Å². The lowest BCUT2D eigenvalue weighted by Crippen LogP contribution is -2.74. The lowest BCUT2D eigenvalue weighted by Gasteiger charge is -2.37. The molecule has 0 fully saturated rings. The third kappa shape index (κ3) is 5.15.